The highest BCUT2D eigenvalue weighted by molar-refractivity contribution is 5.31. The molecule has 0 aliphatic heterocycles. The summed E-state index contributed by atoms with van der Waals surface area (Å²) >= 11 is 0. The van der Waals surface area contributed by atoms with Crippen molar-refractivity contribution in [2.75, 3.05) is 13.7 Å². The Morgan fingerprint density at radius 3 is 2.78 bits per heavy atom. The zero-order valence-corrected chi connectivity index (χ0v) is 11.2. The number of pyridine rings is 1. The van der Waals surface area contributed by atoms with Gasteiger partial charge >= 0.3 is 0 Å². The van der Waals surface area contributed by atoms with E-state index in [1.54, 1.807) is 13.3 Å². The van der Waals surface area contributed by atoms with Crippen molar-refractivity contribution in [3.05, 3.63) is 24.0 Å². The third-order valence-corrected chi connectivity index (χ3v) is 3.76. The van der Waals surface area contributed by atoms with Crippen LogP contribution in [0.1, 0.15) is 44.3 Å². The van der Waals surface area contributed by atoms with Crippen LogP contribution in [0.3, 0.4) is 0 Å². The average Bonchev–Trinajstić information content (AvgIpc) is 2.88. The van der Waals surface area contributed by atoms with Crippen LogP contribution in [0.15, 0.2) is 18.3 Å². The molecule has 1 heterocycles. The fourth-order valence-corrected chi connectivity index (χ4v) is 2.86. The van der Waals surface area contributed by atoms with Gasteiger partial charge in [0.05, 0.1) is 18.8 Å². The van der Waals surface area contributed by atoms with Crippen LogP contribution in [-0.4, -0.2) is 24.3 Å². The number of nitrogens with two attached hydrogens (primary N) is 1. The first-order chi connectivity index (χ1) is 8.73. The fourth-order valence-electron chi connectivity index (χ4n) is 2.86. The highest BCUT2D eigenvalue weighted by atomic mass is 16.5. The van der Waals surface area contributed by atoms with E-state index in [1.807, 2.05) is 19.1 Å². The SMILES string of the molecule is CCOC1(C(N)c2ncccc2OC)CCCC1. The lowest BCUT2D eigenvalue weighted by Crippen LogP contribution is -2.42. The molecule has 1 aliphatic carbocycles. The number of rotatable bonds is 5. The molecule has 4 nitrogen and oxygen atoms in total. The summed E-state index contributed by atoms with van der Waals surface area (Å²) in [5.74, 6) is 0.746. The Labute approximate surface area is 108 Å². The van der Waals surface area contributed by atoms with Crippen molar-refractivity contribution in [2.45, 2.75) is 44.2 Å². The number of aromatic nitrogens is 1. The first-order valence-corrected chi connectivity index (χ1v) is 6.62. The second kappa shape index (κ2) is 5.67. The van der Waals surface area contributed by atoms with Gasteiger partial charge in [-0.15, -0.1) is 0 Å². The molecular formula is C14H22N2O2. The van der Waals surface area contributed by atoms with Gasteiger partial charge in [-0.1, -0.05) is 12.8 Å². The van der Waals surface area contributed by atoms with E-state index in [0.29, 0.717) is 6.61 Å². The van der Waals surface area contributed by atoms with Crippen LogP contribution in [0.4, 0.5) is 0 Å². The molecule has 18 heavy (non-hydrogen) atoms. The highest BCUT2D eigenvalue weighted by Crippen LogP contribution is 2.43. The van der Waals surface area contributed by atoms with Gasteiger partial charge in [0.1, 0.15) is 11.4 Å². The van der Waals surface area contributed by atoms with Crippen LogP contribution in [-0.2, 0) is 4.74 Å². The van der Waals surface area contributed by atoms with Gasteiger partial charge in [0.2, 0.25) is 0 Å². The quantitative estimate of drug-likeness (QED) is 0.872. The molecule has 0 bridgehead atoms. The van der Waals surface area contributed by atoms with Crippen molar-refractivity contribution in [3.63, 3.8) is 0 Å². The molecular weight excluding hydrogens is 228 g/mol. The summed E-state index contributed by atoms with van der Waals surface area (Å²) in [4.78, 5) is 4.39. The van der Waals surface area contributed by atoms with E-state index in [0.717, 1.165) is 24.3 Å². The first-order valence-electron chi connectivity index (χ1n) is 6.62. The summed E-state index contributed by atoms with van der Waals surface area (Å²) in [5.41, 5.74) is 6.96. The first kappa shape index (κ1) is 13.3. The van der Waals surface area contributed by atoms with E-state index >= 15 is 0 Å². The molecule has 0 aromatic carbocycles. The second-order valence-electron chi connectivity index (χ2n) is 4.77. The van der Waals surface area contributed by atoms with Crippen molar-refractivity contribution >= 4 is 0 Å². The summed E-state index contributed by atoms with van der Waals surface area (Å²) in [6.45, 7) is 2.70. The predicted octanol–water partition coefficient (Wildman–Crippen LogP) is 2.44. The molecule has 0 saturated heterocycles. The van der Waals surface area contributed by atoms with Gasteiger partial charge in [-0.05, 0) is 31.9 Å². The van der Waals surface area contributed by atoms with Crippen LogP contribution in [0.5, 0.6) is 5.75 Å². The minimum Gasteiger partial charge on any atom is -0.495 e. The Balaban J connectivity index is 2.30. The molecule has 100 valence electrons. The summed E-state index contributed by atoms with van der Waals surface area (Å²) in [6, 6.07) is 3.53. The molecule has 0 radical (unpaired) electrons. The lowest BCUT2D eigenvalue weighted by molar-refractivity contribution is -0.0549. The zero-order valence-electron chi connectivity index (χ0n) is 11.2. The van der Waals surface area contributed by atoms with E-state index in [4.69, 9.17) is 15.2 Å². The van der Waals surface area contributed by atoms with E-state index < -0.39 is 0 Å². The molecule has 1 aromatic heterocycles. The monoisotopic (exact) mass is 250 g/mol. The molecule has 0 spiro atoms. The molecule has 1 aliphatic rings. The van der Waals surface area contributed by atoms with Crippen LogP contribution in [0.25, 0.3) is 0 Å². The molecule has 0 amide bonds. The number of methoxy groups -OCH3 is 1. The summed E-state index contributed by atoms with van der Waals surface area (Å²) in [5, 5.41) is 0. The Kier molecular flexibility index (Phi) is 4.19. The van der Waals surface area contributed by atoms with Crippen LogP contribution < -0.4 is 10.5 Å². The summed E-state index contributed by atoms with van der Waals surface area (Å²) in [6.07, 6.45) is 6.10. The van der Waals surface area contributed by atoms with Gasteiger partial charge in [-0.3, -0.25) is 4.98 Å². The zero-order chi connectivity index (χ0) is 13.0. The van der Waals surface area contributed by atoms with Crippen LogP contribution in [0, 0.1) is 0 Å². The van der Waals surface area contributed by atoms with Gasteiger partial charge in [-0.2, -0.15) is 0 Å². The van der Waals surface area contributed by atoms with Crippen LogP contribution >= 0.6 is 0 Å². The minimum absolute atomic E-state index is 0.226. The Bertz CT molecular complexity index is 389. The molecule has 1 fully saturated rings. The smallest absolute Gasteiger partial charge is 0.142 e. The molecule has 1 unspecified atom stereocenters. The summed E-state index contributed by atoms with van der Waals surface area (Å²) in [7, 11) is 1.65. The highest BCUT2D eigenvalue weighted by Gasteiger charge is 2.42. The van der Waals surface area contributed by atoms with Crippen LogP contribution in [0.2, 0.25) is 0 Å². The lowest BCUT2D eigenvalue weighted by atomic mass is 9.89. The van der Waals surface area contributed by atoms with E-state index in [1.165, 1.54) is 12.8 Å². The molecule has 1 atom stereocenters. The average molecular weight is 250 g/mol. The Morgan fingerprint density at radius 1 is 1.44 bits per heavy atom. The number of ether oxygens (including phenoxy) is 2. The molecule has 4 heteroatoms. The maximum absolute atomic E-state index is 6.43. The summed E-state index contributed by atoms with van der Waals surface area (Å²) < 4.78 is 11.3. The maximum atomic E-state index is 6.43. The second-order valence-corrected chi connectivity index (χ2v) is 4.77. The van der Waals surface area contributed by atoms with E-state index in [2.05, 4.69) is 4.98 Å². The third-order valence-electron chi connectivity index (χ3n) is 3.76. The van der Waals surface area contributed by atoms with E-state index in [-0.39, 0.29) is 11.6 Å². The lowest BCUT2D eigenvalue weighted by Gasteiger charge is -2.35. The van der Waals surface area contributed by atoms with Crippen molar-refractivity contribution in [2.24, 2.45) is 5.73 Å². The van der Waals surface area contributed by atoms with Gasteiger partial charge in [0.25, 0.3) is 0 Å². The Morgan fingerprint density at radius 2 is 2.17 bits per heavy atom. The molecule has 1 aromatic rings. The normalized spacial score (nSPS) is 19.7. The number of hydrogen-bond donors (Lipinski definition) is 1. The molecule has 1 saturated carbocycles. The van der Waals surface area contributed by atoms with Crippen molar-refractivity contribution in [1.82, 2.24) is 4.98 Å². The van der Waals surface area contributed by atoms with Crippen molar-refractivity contribution < 1.29 is 9.47 Å². The standard InChI is InChI=1S/C14H22N2O2/c1-3-18-14(8-4-5-9-14)13(15)12-11(17-2)7-6-10-16-12/h6-7,10,13H,3-5,8-9,15H2,1-2H3. The molecule has 2 N–H and O–H groups in total. The predicted molar refractivity (Wildman–Crippen MR) is 70.5 cm³/mol. The number of nitrogens with zero attached hydrogens (tertiary/aromatic N) is 1. The van der Waals surface area contributed by atoms with Gasteiger partial charge in [0.15, 0.2) is 0 Å². The Hall–Kier alpha value is -1.13. The van der Waals surface area contributed by atoms with Crippen molar-refractivity contribution in [1.29, 1.82) is 0 Å². The van der Waals surface area contributed by atoms with Gasteiger partial charge in [-0.25, -0.2) is 0 Å². The largest absolute Gasteiger partial charge is 0.495 e. The number of hydrogen-bond acceptors (Lipinski definition) is 4. The van der Waals surface area contributed by atoms with Gasteiger partial charge < -0.3 is 15.2 Å². The van der Waals surface area contributed by atoms with E-state index in [9.17, 15) is 0 Å². The molecule has 2 rings (SSSR count). The van der Waals surface area contributed by atoms with Gasteiger partial charge in [0, 0.05) is 12.8 Å². The fraction of sp³-hybridized carbons (Fsp3) is 0.643. The van der Waals surface area contributed by atoms with Crippen molar-refractivity contribution in [3.8, 4) is 5.75 Å². The minimum atomic E-state index is -0.267. The third kappa shape index (κ3) is 2.35. The maximum Gasteiger partial charge on any atom is 0.142 e. The topological polar surface area (TPSA) is 57.4 Å².